The van der Waals surface area contributed by atoms with E-state index in [1.807, 2.05) is 0 Å². The summed E-state index contributed by atoms with van der Waals surface area (Å²) in [5.74, 6) is 0. The zero-order valence-corrected chi connectivity index (χ0v) is 7.75. The van der Waals surface area contributed by atoms with E-state index in [2.05, 4.69) is 17.8 Å². The molecule has 1 N–H and O–H groups in total. The summed E-state index contributed by atoms with van der Waals surface area (Å²) in [6.07, 6.45) is 7.88. The van der Waals surface area contributed by atoms with Crippen LogP contribution in [0.15, 0.2) is 0 Å². The van der Waals surface area contributed by atoms with Gasteiger partial charge in [0.25, 0.3) is 0 Å². The summed E-state index contributed by atoms with van der Waals surface area (Å²) >= 11 is 0. The van der Waals surface area contributed by atoms with Crippen LogP contribution in [0.2, 0.25) is 0 Å². The van der Waals surface area contributed by atoms with Gasteiger partial charge in [-0.3, -0.25) is 10.9 Å². The highest BCUT2D eigenvalue weighted by Gasteiger charge is 2.48. The monoisotopic (exact) mass is 159 g/mol. The van der Waals surface area contributed by atoms with Gasteiger partial charge in [0.1, 0.15) is 0 Å². The van der Waals surface area contributed by atoms with Gasteiger partial charge in [-0.25, -0.2) is 0 Å². The fourth-order valence-electron chi connectivity index (χ4n) is 2.07. The molecule has 1 aliphatic heterocycles. The van der Waals surface area contributed by atoms with E-state index in [9.17, 15) is 0 Å². The molecule has 2 rings (SSSR count). The van der Waals surface area contributed by atoms with E-state index < -0.39 is 0 Å². The Morgan fingerprint density at radius 2 is 1.90 bits per heavy atom. The van der Waals surface area contributed by atoms with E-state index in [1.165, 1.54) is 25.9 Å². The maximum Gasteiger partial charge on any atom is 0.00210 e. The molecule has 0 radical (unpaired) electrons. The van der Waals surface area contributed by atoms with Crippen LogP contribution in [0.1, 0.15) is 12.8 Å². The molecule has 1 saturated carbocycles. The number of rotatable bonds is 1. The van der Waals surface area contributed by atoms with E-state index in [-0.39, 0.29) is 0 Å². The minimum atomic E-state index is 0.367. The van der Waals surface area contributed by atoms with Crippen LogP contribution in [-0.2, 0) is 0 Å². The molecule has 1 saturated heterocycles. The van der Waals surface area contributed by atoms with Gasteiger partial charge in [-0.1, -0.05) is 0 Å². The second-order valence-corrected chi connectivity index (χ2v) is 6.79. The third kappa shape index (κ3) is 0.892. The first-order valence-corrected chi connectivity index (χ1v) is 6.40. The average Bonchev–Trinajstić information content (AvgIpc) is 1.54. The highest BCUT2D eigenvalue weighted by atomic mass is 32.2. The van der Waals surface area contributed by atoms with Gasteiger partial charge in [0.15, 0.2) is 0 Å². The molecule has 1 aliphatic carbocycles. The molecule has 0 amide bonds. The standard InChI is InChI=1S/C8H17NS/c1-10(2)7-3-8(4-7)5-9-6-8/h7,9-10H,3-6H2,1-2H3. The number of hydrogen-bond donors (Lipinski definition) is 2. The SMILES string of the molecule is C[SH](C)C1CC2(CNC2)C1. The summed E-state index contributed by atoms with van der Waals surface area (Å²) in [6.45, 7) is 2.62. The first-order chi connectivity index (χ1) is 4.72. The number of nitrogens with one attached hydrogen (secondary N) is 1. The van der Waals surface area contributed by atoms with E-state index in [1.54, 1.807) is 0 Å². The van der Waals surface area contributed by atoms with E-state index in [4.69, 9.17) is 0 Å². The minimum Gasteiger partial charge on any atom is -0.316 e. The molecule has 1 nitrogen and oxygen atoms in total. The predicted molar refractivity (Wildman–Crippen MR) is 49.2 cm³/mol. The quantitative estimate of drug-likeness (QED) is 0.544. The Morgan fingerprint density at radius 3 is 2.20 bits per heavy atom. The van der Waals surface area contributed by atoms with Gasteiger partial charge < -0.3 is 5.32 Å². The van der Waals surface area contributed by atoms with Crippen LogP contribution in [0.25, 0.3) is 0 Å². The Balaban J connectivity index is 1.82. The van der Waals surface area contributed by atoms with E-state index >= 15 is 0 Å². The first kappa shape index (κ1) is 6.99. The van der Waals surface area contributed by atoms with E-state index in [0.29, 0.717) is 10.9 Å². The fraction of sp³-hybridized carbons (Fsp3) is 1.00. The second-order valence-electron chi connectivity index (χ2n) is 4.13. The molecule has 0 aromatic heterocycles. The molecule has 0 aromatic carbocycles. The third-order valence-electron chi connectivity index (χ3n) is 3.07. The molecule has 0 atom stereocenters. The van der Waals surface area contributed by atoms with E-state index in [0.717, 1.165) is 10.7 Å². The topological polar surface area (TPSA) is 12.0 Å². The summed E-state index contributed by atoms with van der Waals surface area (Å²) in [4.78, 5) is 0. The summed E-state index contributed by atoms with van der Waals surface area (Å²) in [5, 5.41) is 4.48. The van der Waals surface area contributed by atoms with Crippen molar-refractivity contribution >= 4 is 10.9 Å². The lowest BCUT2D eigenvalue weighted by atomic mass is 9.64. The van der Waals surface area contributed by atoms with Crippen LogP contribution in [0.4, 0.5) is 0 Å². The van der Waals surface area contributed by atoms with Crippen molar-refractivity contribution in [2.24, 2.45) is 5.41 Å². The van der Waals surface area contributed by atoms with Gasteiger partial charge in [-0.05, 0) is 36.0 Å². The summed E-state index contributed by atoms with van der Waals surface area (Å²) in [7, 11) is 0.367. The molecule has 2 fully saturated rings. The molecule has 2 aliphatic rings. The van der Waals surface area contributed by atoms with Crippen LogP contribution in [0.5, 0.6) is 0 Å². The minimum absolute atomic E-state index is 0.367. The Labute approximate surface area is 65.9 Å². The molecule has 0 aromatic rings. The van der Waals surface area contributed by atoms with Crippen LogP contribution in [0.3, 0.4) is 0 Å². The maximum atomic E-state index is 3.37. The van der Waals surface area contributed by atoms with Crippen molar-refractivity contribution in [2.45, 2.75) is 18.1 Å². The lowest BCUT2D eigenvalue weighted by molar-refractivity contribution is 0.0670. The molecule has 60 valence electrons. The molecule has 2 heteroatoms. The lowest BCUT2D eigenvalue weighted by Gasteiger charge is -2.56. The number of thiol groups is 1. The van der Waals surface area contributed by atoms with Crippen molar-refractivity contribution in [3.8, 4) is 0 Å². The van der Waals surface area contributed by atoms with Crippen molar-refractivity contribution < 1.29 is 0 Å². The predicted octanol–water partition coefficient (Wildman–Crippen LogP) is 0.999. The Hall–Kier alpha value is 0.310. The summed E-state index contributed by atoms with van der Waals surface area (Å²) < 4.78 is 0. The molecule has 0 bridgehead atoms. The molecule has 1 heterocycles. The Morgan fingerprint density at radius 1 is 1.30 bits per heavy atom. The lowest BCUT2D eigenvalue weighted by Crippen LogP contribution is -2.61. The van der Waals surface area contributed by atoms with Gasteiger partial charge in [-0.2, -0.15) is 0 Å². The van der Waals surface area contributed by atoms with Crippen LogP contribution >= 0.6 is 10.9 Å². The molecule has 0 unspecified atom stereocenters. The second kappa shape index (κ2) is 2.15. The normalized spacial score (nSPS) is 31.2. The van der Waals surface area contributed by atoms with Gasteiger partial charge in [-0.15, -0.1) is 0 Å². The van der Waals surface area contributed by atoms with Gasteiger partial charge in [0, 0.05) is 13.1 Å². The maximum absolute atomic E-state index is 3.37. The largest absolute Gasteiger partial charge is 0.316 e. The van der Waals surface area contributed by atoms with Crippen LogP contribution < -0.4 is 5.32 Å². The van der Waals surface area contributed by atoms with Gasteiger partial charge in [0.2, 0.25) is 0 Å². The van der Waals surface area contributed by atoms with Crippen molar-refractivity contribution in [2.75, 3.05) is 25.6 Å². The van der Waals surface area contributed by atoms with Crippen LogP contribution in [0, 0.1) is 5.41 Å². The summed E-state index contributed by atoms with van der Waals surface area (Å²) in [6, 6.07) is 0. The zero-order valence-electron chi connectivity index (χ0n) is 6.85. The smallest absolute Gasteiger partial charge is 0.00210 e. The van der Waals surface area contributed by atoms with Crippen molar-refractivity contribution in [1.82, 2.24) is 5.32 Å². The van der Waals surface area contributed by atoms with Crippen molar-refractivity contribution in [3.05, 3.63) is 0 Å². The molecule has 1 spiro atoms. The fourth-order valence-corrected chi connectivity index (χ4v) is 3.58. The Kier molecular flexibility index (Phi) is 1.50. The van der Waals surface area contributed by atoms with Gasteiger partial charge in [0.05, 0.1) is 0 Å². The highest BCUT2D eigenvalue weighted by Crippen LogP contribution is 2.52. The third-order valence-corrected chi connectivity index (χ3v) is 4.89. The van der Waals surface area contributed by atoms with Crippen LogP contribution in [-0.4, -0.2) is 30.9 Å². The number of hydrogen-bond acceptors (Lipinski definition) is 1. The highest BCUT2D eigenvalue weighted by molar-refractivity contribution is 8.16. The van der Waals surface area contributed by atoms with Crippen molar-refractivity contribution in [3.63, 3.8) is 0 Å². The summed E-state index contributed by atoms with van der Waals surface area (Å²) in [5.41, 5.74) is 0.803. The first-order valence-electron chi connectivity index (χ1n) is 4.09. The molecular formula is C8H17NS. The van der Waals surface area contributed by atoms with Crippen molar-refractivity contribution in [1.29, 1.82) is 0 Å². The molecule has 10 heavy (non-hydrogen) atoms. The zero-order chi connectivity index (χ0) is 7.19. The van der Waals surface area contributed by atoms with Gasteiger partial charge >= 0.3 is 0 Å². The Bertz CT molecular complexity index is 132. The molecular weight excluding hydrogens is 142 g/mol. The average molecular weight is 159 g/mol.